The van der Waals surface area contributed by atoms with E-state index in [0.29, 0.717) is 6.04 Å². The van der Waals surface area contributed by atoms with Gasteiger partial charge in [-0.1, -0.05) is 12.1 Å². The third-order valence-electron chi connectivity index (χ3n) is 3.25. The van der Waals surface area contributed by atoms with Gasteiger partial charge in [0.15, 0.2) is 0 Å². The quantitative estimate of drug-likeness (QED) is 0.840. The summed E-state index contributed by atoms with van der Waals surface area (Å²) < 4.78 is 0. The topological polar surface area (TPSA) is 32.5 Å². The zero-order chi connectivity index (χ0) is 13.7. The predicted molar refractivity (Wildman–Crippen MR) is 80.1 cm³/mol. The molecule has 3 nitrogen and oxygen atoms in total. The van der Waals surface area contributed by atoms with E-state index >= 15 is 0 Å². The number of benzene rings is 1. The second-order valence-electron chi connectivity index (χ2n) is 5.28. The first kappa shape index (κ1) is 15.0. The van der Waals surface area contributed by atoms with Crippen LogP contribution in [0.1, 0.15) is 32.4 Å². The average Bonchev–Trinajstić information content (AvgIpc) is 2.29. The van der Waals surface area contributed by atoms with Crippen molar-refractivity contribution in [1.82, 2.24) is 4.90 Å². The van der Waals surface area contributed by atoms with Crippen LogP contribution in [-0.2, 0) is 0 Å². The molecular formula is C15H27N3. The van der Waals surface area contributed by atoms with Gasteiger partial charge in [0.1, 0.15) is 0 Å². The third kappa shape index (κ3) is 4.00. The monoisotopic (exact) mass is 249 g/mol. The van der Waals surface area contributed by atoms with Crippen LogP contribution in [0.25, 0.3) is 0 Å². The number of anilines is 1. The average molecular weight is 249 g/mol. The van der Waals surface area contributed by atoms with Crippen LogP contribution >= 0.6 is 0 Å². The standard InChI is InChI=1S/C15H27N3/c1-6-18(12(2)11-17(4)5)15-9-7-14(8-10-15)13(3)16/h7-10,12-13H,6,11,16H2,1-5H3. The zero-order valence-electron chi connectivity index (χ0n) is 12.4. The maximum absolute atomic E-state index is 5.88. The van der Waals surface area contributed by atoms with Gasteiger partial charge in [0.05, 0.1) is 0 Å². The summed E-state index contributed by atoms with van der Waals surface area (Å²) in [6, 6.07) is 9.22. The lowest BCUT2D eigenvalue weighted by Crippen LogP contribution is -2.40. The van der Waals surface area contributed by atoms with Crippen LogP contribution in [0.5, 0.6) is 0 Å². The van der Waals surface area contributed by atoms with E-state index in [9.17, 15) is 0 Å². The molecule has 102 valence electrons. The Hall–Kier alpha value is -1.06. The van der Waals surface area contributed by atoms with Gasteiger partial charge in [-0.3, -0.25) is 0 Å². The molecule has 0 radical (unpaired) electrons. The van der Waals surface area contributed by atoms with Crippen LogP contribution in [0.3, 0.4) is 0 Å². The summed E-state index contributed by atoms with van der Waals surface area (Å²) in [4.78, 5) is 4.65. The summed E-state index contributed by atoms with van der Waals surface area (Å²) in [5.74, 6) is 0. The van der Waals surface area contributed by atoms with E-state index in [1.165, 1.54) is 11.3 Å². The molecule has 0 bridgehead atoms. The van der Waals surface area contributed by atoms with E-state index in [1.54, 1.807) is 0 Å². The molecule has 0 aliphatic rings. The van der Waals surface area contributed by atoms with Crippen molar-refractivity contribution in [3.8, 4) is 0 Å². The second-order valence-corrected chi connectivity index (χ2v) is 5.28. The number of nitrogens with two attached hydrogens (primary N) is 1. The minimum atomic E-state index is 0.105. The van der Waals surface area contributed by atoms with Gasteiger partial charge in [-0.25, -0.2) is 0 Å². The Kier molecular flexibility index (Phi) is 5.63. The van der Waals surface area contributed by atoms with E-state index in [-0.39, 0.29) is 6.04 Å². The lowest BCUT2D eigenvalue weighted by molar-refractivity contribution is 0.373. The van der Waals surface area contributed by atoms with Crippen molar-refractivity contribution in [3.63, 3.8) is 0 Å². The number of hydrogen-bond acceptors (Lipinski definition) is 3. The molecule has 1 aromatic rings. The molecule has 0 fully saturated rings. The summed E-state index contributed by atoms with van der Waals surface area (Å²) in [6.45, 7) is 8.56. The van der Waals surface area contributed by atoms with Gasteiger partial charge in [0.25, 0.3) is 0 Å². The van der Waals surface area contributed by atoms with Crippen molar-refractivity contribution in [3.05, 3.63) is 29.8 Å². The Labute approximate surface area is 112 Å². The highest BCUT2D eigenvalue weighted by Gasteiger charge is 2.13. The second kappa shape index (κ2) is 6.76. The summed E-state index contributed by atoms with van der Waals surface area (Å²) >= 11 is 0. The third-order valence-corrected chi connectivity index (χ3v) is 3.25. The fourth-order valence-corrected chi connectivity index (χ4v) is 2.35. The molecule has 0 aliphatic carbocycles. The highest BCUT2D eigenvalue weighted by Crippen LogP contribution is 2.20. The van der Waals surface area contributed by atoms with Crippen LogP contribution in [0, 0.1) is 0 Å². The number of rotatable bonds is 6. The zero-order valence-corrected chi connectivity index (χ0v) is 12.4. The Bertz CT molecular complexity index is 343. The molecular weight excluding hydrogens is 222 g/mol. The Balaban J connectivity index is 2.81. The van der Waals surface area contributed by atoms with Crippen LogP contribution in [0.4, 0.5) is 5.69 Å². The van der Waals surface area contributed by atoms with Crippen molar-refractivity contribution in [2.75, 3.05) is 32.1 Å². The molecule has 18 heavy (non-hydrogen) atoms. The van der Waals surface area contributed by atoms with Crippen molar-refractivity contribution < 1.29 is 0 Å². The minimum absolute atomic E-state index is 0.105. The van der Waals surface area contributed by atoms with Crippen molar-refractivity contribution >= 4 is 5.69 Å². The summed E-state index contributed by atoms with van der Waals surface area (Å²) in [6.07, 6.45) is 0. The van der Waals surface area contributed by atoms with Gasteiger partial charge in [-0.05, 0) is 52.6 Å². The Morgan fingerprint density at radius 1 is 1.11 bits per heavy atom. The van der Waals surface area contributed by atoms with Crippen LogP contribution in [0.15, 0.2) is 24.3 Å². The maximum atomic E-state index is 5.88. The number of nitrogens with zero attached hydrogens (tertiary/aromatic N) is 2. The molecule has 0 aromatic heterocycles. The van der Waals surface area contributed by atoms with Gasteiger partial charge in [0.2, 0.25) is 0 Å². The molecule has 0 aliphatic heterocycles. The molecule has 0 amide bonds. The highest BCUT2D eigenvalue weighted by atomic mass is 15.2. The van der Waals surface area contributed by atoms with Crippen molar-refractivity contribution in [1.29, 1.82) is 0 Å². The predicted octanol–water partition coefficient (Wildman–Crippen LogP) is 2.48. The van der Waals surface area contributed by atoms with Gasteiger partial charge in [-0.15, -0.1) is 0 Å². The molecule has 2 N–H and O–H groups in total. The minimum Gasteiger partial charge on any atom is -0.368 e. The van der Waals surface area contributed by atoms with Crippen LogP contribution in [0.2, 0.25) is 0 Å². The number of likely N-dealkylation sites (N-methyl/N-ethyl adjacent to an activating group) is 2. The van der Waals surface area contributed by atoms with E-state index in [2.05, 4.69) is 62.0 Å². The molecule has 2 atom stereocenters. The fraction of sp³-hybridized carbons (Fsp3) is 0.600. The Morgan fingerprint density at radius 2 is 1.67 bits per heavy atom. The lowest BCUT2D eigenvalue weighted by atomic mass is 10.1. The molecule has 3 heteroatoms. The van der Waals surface area contributed by atoms with Gasteiger partial charge >= 0.3 is 0 Å². The van der Waals surface area contributed by atoms with E-state index in [4.69, 9.17) is 5.73 Å². The van der Waals surface area contributed by atoms with Gasteiger partial charge < -0.3 is 15.5 Å². The molecule has 2 unspecified atom stereocenters. The molecule has 0 saturated carbocycles. The normalized spacial score (nSPS) is 14.6. The van der Waals surface area contributed by atoms with Gasteiger partial charge in [-0.2, -0.15) is 0 Å². The first-order valence-electron chi connectivity index (χ1n) is 6.72. The smallest absolute Gasteiger partial charge is 0.0388 e. The van der Waals surface area contributed by atoms with Crippen molar-refractivity contribution in [2.45, 2.75) is 32.9 Å². The molecule has 1 aromatic carbocycles. The maximum Gasteiger partial charge on any atom is 0.0388 e. The summed E-state index contributed by atoms with van der Waals surface area (Å²) in [5.41, 5.74) is 8.34. The first-order valence-corrected chi connectivity index (χ1v) is 6.72. The molecule has 0 heterocycles. The lowest BCUT2D eigenvalue weighted by Gasteiger charge is -2.32. The van der Waals surface area contributed by atoms with E-state index < -0.39 is 0 Å². The SMILES string of the molecule is CCN(c1ccc(C(C)N)cc1)C(C)CN(C)C. The first-order chi connectivity index (χ1) is 8.45. The molecule has 0 saturated heterocycles. The molecule has 1 rings (SSSR count). The van der Waals surface area contributed by atoms with Gasteiger partial charge in [0, 0.05) is 30.9 Å². The number of hydrogen-bond donors (Lipinski definition) is 1. The van der Waals surface area contributed by atoms with Crippen LogP contribution in [-0.4, -0.2) is 38.1 Å². The largest absolute Gasteiger partial charge is 0.368 e. The fourth-order valence-electron chi connectivity index (χ4n) is 2.35. The summed E-state index contributed by atoms with van der Waals surface area (Å²) in [7, 11) is 4.23. The van der Waals surface area contributed by atoms with Crippen molar-refractivity contribution in [2.24, 2.45) is 5.73 Å². The van der Waals surface area contributed by atoms with Crippen LogP contribution < -0.4 is 10.6 Å². The highest BCUT2D eigenvalue weighted by molar-refractivity contribution is 5.48. The van der Waals surface area contributed by atoms with E-state index in [0.717, 1.165) is 13.1 Å². The Morgan fingerprint density at radius 3 is 2.06 bits per heavy atom. The molecule has 0 spiro atoms. The summed E-state index contributed by atoms with van der Waals surface area (Å²) in [5, 5.41) is 0. The van der Waals surface area contributed by atoms with E-state index in [1.807, 2.05) is 6.92 Å².